The van der Waals surface area contributed by atoms with Crippen molar-refractivity contribution in [1.82, 2.24) is 9.88 Å². The van der Waals surface area contributed by atoms with Gasteiger partial charge in [-0.3, -0.25) is 9.78 Å². The maximum atomic E-state index is 12.9. The average molecular weight is 338 g/mol. The summed E-state index contributed by atoms with van der Waals surface area (Å²) in [7, 11) is 1.65. The molecule has 3 atom stereocenters. The molecule has 0 spiro atoms. The smallest absolute Gasteiger partial charge is 0.273 e. The van der Waals surface area contributed by atoms with Gasteiger partial charge in [-0.1, -0.05) is 6.07 Å². The number of rotatable bonds is 5. The van der Waals surface area contributed by atoms with Crippen molar-refractivity contribution in [2.75, 3.05) is 13.7 Å². The number of aromatic nitrogens is 1. The Hall–Kier alpha value is -2.56. The van der Waals surface area contributed by atoms with Crippen LogP contribution in [0.1, 0.15) is 29.8 Å². The molecular formula is C20H22N2O3. The van der Waals surface area contributed by atoms with Crippen LogP contribution in [0.15, 0.2) is 48.7 Å². The number of pyridine rings is 1. The molecule has 2 fully saturated rings. The van der Waals surface area contributed by atoms with Crippen LogP contribution >= 0.6 is 0 Å². The van der Waals surface area contributed by atoms with Crippen LogP contribution in [0, 0.1) is 5.92 Å². The summed E-state index contributed by atoms with van der Waals surface area (Å²) < 4.78 is 11.2. The third kappa shape index (κ3) is 3.06. The van der Waals surface area contributed by atoms with Gasteiger partial charge in [-0.25, -0.2) is 0 Å². The van der Waals surface area contributed by atoms with Crippen LogP contribution in [-0.2, 0) is 0 Å². The number of hydrogen-bond acceptors (Lipinski definition) is 4. The number of nitrogens with zero attached hydrogens (tertiary/aromatic N) is 2. The van der Waals surface area contributed by atoms with E-state index in [4.69, 9.17) is 9.47 Å². The van der Waals surface area contributed by atoms with Crippen molar-refractivity contribution >= 4 is 5.91 Å². The molecule has 5 heteroatoms. The third-order valence-corrected chi connectivity index (χ3v) is 5.34. The largest absolute Gasteiger partial charge is 0.497 e. The molecule has 130 valence electrons. The van der Waals surface area contributed by atoms with E-state index in [-0.39, 0.29) is 11.9 Å². The zero-order chi connectivity index (χ0) is 17.2. The minimum atomic E-state index is 0.0242. The first-order valence-electron chi connectivity index (χ1n) is 8.77. The van der Waals surface area contributed by atoms with Gasteiger partial charge in [-0.05, 0) is 61.6 Å². The van der Waals surface area contributed by atoms with Crippen molar-refractivity contribution in [3.05, 3.63) is 54.4 Å². The standard InChI is InChI=1S/C20H22N2O3/c1-24-16-7-9-17(10-8-16)25-13-19-14-5-6-15(12-14)22(19)20(23)18-4-2-3-11-21-18/h2-4,7-11,14-15,19H,5-6,12-13H2,1H3/t14-,15+,19+/m1/s1. The highest BCUT2D eigenvalue weighted by Crippen LogP contribution is 2.43. The van der Waals surface area contributed by atoms with Gasteiger partial charge >= 0.3 is 0 Å². The summed E-state index contributed by atoms with van der Waals surface area (Å²) in [5.74, 6) is 2.15. The molecule has 4 rings (SSSR count). The predicted molar refractivity (Wildman–Crippen MR) is 93.8 cm³/mol. The summed E-state index contributed by atoms with van der Waals surface area (Å²) in [5.41, 5.74) is 0.518. The molecule has 1 saturated carbocycles. The summed E-state index contributed by atoms with van der Waals surface area (Å²) in [6, 6.07) is 13.5. The van der Waals surface area contributed by atoms with Gasteiger partial charge in [-0.15, -0.1) is 0 Å². The zero-order valence-electron chi connectivity index (χ0n) is 14.3. The van der Waals surface area contributed by atoms with Crippen LogP contribution < -0.4 is 9.47 Å². The van der Waals surface area contributed by atoms with Crippen molar-refractivity contribution in [3.63, 3.8) is 0 Å². The van der Waals surface area contributed by atoms with E-state index < -0.39 is 0 Å². The first-order chi connectivity index (χ1) is 12.3. The summed E-state index contributed by atoms with van der Waals surface area (Å²) in [6.07, 6.45) is 5.01. The number of piperidine rings is 1. The first kappa shape index (κ1) is 15.9. The van der Waals surface area contributed by atoms with Gasteiger partial charge in [0.15, 0.2) is 0 Å². The number of likely N-dealkylation sites (tertiary alicyclic amines) is 1. The molecule has 2 bridgehead atoms. The molecule has 0 radical (unpaired) electrons. The second kappa shape index (κ2) is 6.75. The highest BCUT2D eigenvalue weighted by Gasteiger charge is 2.48. The lowest BCUT2D eigenvalue weighted by Crippen LogP contribution is -2.48. The molecular weight excluding hydrogens is 316 g/mol. The normalized spacial score (nSPS) is 24.4. The third-order valence-electron chi connectivity index (χ3n) is 5.34. The minimum absolute atomic E-state index is 0.0242. The number of carbonyl (C=O) groups excluding carboxylic acids is 1. The Kier molecular flexibility index (Phi) is 4.30. The molecule has 0 N–H and O–H groups in total. The van der Waals surface area contributed by atoms with E-state index in [0.29, 0.717) is 24.3 Å². The first-order valence-corrected chi connectivity index (χ1v) is 8.77. The average Bonchev–Trinajstić information content (AvgIpc) is 3.28. The molecule has 2 aliphatic rings. The monoisotopic (exact) mass is 338 g/mol. The summed E-state index contributed by atoms with van der Waals surface area (Å²) >= 11 is 0. The fourth-order valence-corrected chi connectivity index (χ4v) is 4.10. The quantitative estimate of drug-likeness (QED) is 0.840. The Morgan fingerprint density at radius 2 is 1.96 bits per heavy atom. The van der Waals surface area contributed by atoms with Crippen molar-refractivity contribution < 1.29 is 14.3 Å². The van der Waals surface area contributed by atoms with E-state index in [0.717, 1.165) is 24.3 Å². The van der Waals surface area contributed by atoms with Gasteiger partial charge in [0.1, 0.15) is 23.8 Å². The van der Waals surface area contributed by atoms with Crippen LogP contribution in [0.2, 0.25) is 0 Å². The van der Waals surface area contributed by atoms with E-state index in [1.165, 1.54) is 6.42 Å². The van der Waals surface area contributed by atoms with Crippen LogP contribution in [-0.4, -0.2) is 41.6 Å². The number of hydrogen-bond donors (Lipinski definition) is 0. The number of benzene rings is 1. The second-order valence-corrected chi connectivity index (χ2v) is 6.71. The van der Waals surface area contributed by atoms with E-state index in [2.05, 4.69) is 4.98 Å². The number of methoxy groups -OCH3 is 1. The molecule has 1 aliphatic carbocycles. The number of ether oxygens (including phenoxy) is 2. The molecule has 1 aromatic carbocycles. The maximum Gasteiger partial charge on any atom is 0.273 e. The van der Waals surface area contributed by atoms with Crippen molar-refractivity contribution in [2.45, 2.75) is 31.3 Å². The maximum absolute atomic E-state index is 12.9. The lowest BCUT2D eigenvalue weighted by molar-refractivity contribution is 0.0500. The molecule has 2 aromatic rings. The van der Waals surface area contributed by atoms with Crippen LogP contribution in [0.4, 0.5) is 0 Å². The molecule has 1 aromatic heterocycles. The summed E-state index contributed by atoms with van der Waals surface area (Å²) in [4.78, 5) is 19.2. The summed E-state index contributed by atoms with van der Waals surface area (Å²) in [6.45, 7) is 0.520. The van der Waals surface area contributed by atoms with Crippen molar-refractivity contribution in [1.29, 1.82) is 0 Å². The Balaban J connectivity index is 1.48. The molecule has 0 unspecified atom stereocenters. The highest BCUT2D eigenvalue weighted by atomic mass is 16.5. The van der Waals surface area contributed by atoms with Gasteiger partial charge < -0.3 is 14.4 Å². The van der Waals surface area contributed by atoms with Crippen LogP contribution in [0.25, 0.3) is 0 Å². The van der Waals surface area contributed by atoms with Crippen molar-refractivity contribution in [3.8, 4) is 11.5 Å². The minimum Gasteiger partial charge on any atom is -0.497 e. The molecule has 25 heavy (non-hydrogen) atoms. The Bertz CT molecular complexity index is 732. The van der Waals surface area contributed by atoms with Gasteiger partial charge in [0.2, 0.25) is 0 Å². The van der Waals surface area contributed by atoms with E-state index in [9.17, 15) is 4.79 Å². The van der Waals surface area contributed by atoms with Gasteiger partial charge in [-0.2, -0.15) is 0 Å². The molecule has 2 heterocycles. The summed E-state index contributed by atoms with van der Waals surface area (Å²) in [5, 5.41) is 0. The van der Waals surface area contributed by atoms with Gasteiger partial charge in [0.25, 0.3) is 5.91 Å². The van der Waals surface area contributed by atoms with Crippen molar-refractivity contribution in [2.24, 2.45) is 5.92 Å². The SMILES string of the molecule is COc1ccc(OC[C@H]2[C@@H]3CC[C@@H](C3)N2C(=O)c2ccccn2)cc1. The second-order valence-electron chi connectivity index (χ2n) is 6.71. The Morgan fingerprint density at radius 1 is 1.16 bits per heavy atom. The van der Waals surface area contributed by atoms with Crippen LogP contribution in [0.5, 0.6) is 11.5 Å². The number of amides is 1. The predicted octanol–water partition coefficient (Wildman–Crippen LogP) is 3.16. The molecule has 1 amide bonds. The van der Waals surface area contributed by atoms with E-state index in [1.807, 2.05) is 41.3 Å². The fourth-order valence-electron chi connectivity index (χ4n) is 4.10. The van der Waals surface area contributed by atoms with E-state index in [1.54, 1.807) is 19.4 Å². The highest BCUT2D eigenvalue weighted by molar-refractivity contribution is 5.93. The molecule has 1 aliphatic heterocycles. The van der Waals surface area contributed by atoms with E-state index >= 15 is 0 Å². The lowest BCUT2D eigenvalue weighted by atomic mass is 9.99. The van der Waals surface area contributed by atoms with Gasteiger partial charge in [0.05, 0.1) is 13.2 Å². The lowest BCUT2D eigenvalue weighted by Gasteiger charge is -2.35. The van der Waals surface area contributed by atoms with Crippen LogP contribution in [0.3, 0.4) is 0 Å². The van der Waals surface area contributed by atoms with Gasteiger partial charge in [0, 0.05) is 12.2 Å². The number of carbonyl (C=O) groups is 1. The topological polar surface area (TPSA) is 51.7 Å². The fraction of sp³-hybridized carbons (Fsp3) is 0.400. The number of fused-ring (bicyclic) bond motifs is 2. The molecule has 5 nitrogen and oxygen atoms in total. The Morgan fingerprint density at radius 3 is 2.68 bits per heavy atom. The molecule has 1 saturated heterocycles. The Labute approximate surface area is 147 Å². The zero-order valence-corrected chi connectivity index (χ0v) is 14.3.